The zero-order valence-corrected chi connectivity index (χ0v) is 11.6. The van der Waals surface area contributed by atoms with Crippen LogP contribution in [0.5, 0.6) is 0 Å². The second kappa shape index (κ2) is 5.00. The number of sulfonamides is 1. The SMILES string of the molecule is CCc1nn(C)cc1NS(=O)(=O)c1ccc(C(=O)O)o1. The Labute approximate surface area is 115 Å². The molecule has 0 spiro atoms. The predicted octanol–water partition coefficient (Wildman–Crippen LogP) is 1.07. The zero-order chi connectivity index (χ0) is 14.9. The van der Waals surface area contributed by atoms with E-state index in [4.69, 9.17) is 9.52 Å². The highest BCUT2D eigenvalue weighted by atomic mass is 32.2. The van der Waals surface area contributed by atoms with Gasteiger partial charge in [0.1, 0.15) is 0 Å². The van der Waals surface area contributed by atoms with E-state index >= 15 is 0 Å². The molecule has 2 aromatic rings. The number of rotatable bonds is 5. The van der Waals surface area contributed by atoms with Gasteiger partial charge in [-0.1, -0.05) is 6.92 Å². The Kier molecular flexibility index (Phi) is 3.53. The van der Waals surface area contributed by atoms with Gasteiger partial charge in [-0.2, -0.15) is 13.5 Å². The summed E-state index contributed by atoms with van der Waals surface area (Å²) >= 11 is 0. The van der Waals surface area contributed by atoms with Crippen molar-refractivity contribution < 1.29 is 22.7 Å². The highest BCUT2D eigenvalue weighted by Crippen LogP contribution is 2.21. The van der Waals surface area contributed by atoms with E-state index in [1.165, 1.54) is 10.9 Å². The van der Waals surface area contributed by atoms with Gasteiger partial charge in [0.05, 0.1) is 11.4 Å². The van der Waals surface area contributed by atoms with Gasteiger partial charge in [0.15, 0.2) is 0 Å². The molecular weight excluding hydrogens is 286 g/mol. The van der Waals surface area contributed by atoms with Crippen molar-refractivity contribution in [1.29, 1.82) is 0 Å². The Hall–Kier alpha value is -2.29. The quantitative estimate of drug-likeness (QED) is 0.853. The van der Waals surface area contributed by atoms with Gasteiger partial charge < -0.3 is 9.52 Å². The van der Waals surface area contributed by atoms with Crippen LogP contribution in [0, 0.1) is 0 Å². The van der Waals surface area contributed by atoms with Gasteiger partial charge in [0, 0.05) is 13.2 Å². The zero-order valence-electron chi connectivity index (χ0n) is 10.8. The number of hydrogen-bond donors (Lipinski definition) is 2. The Morgan fingerprint density at radius 3 is 2.75 bits per heavy atom. The van der Waals surface area contributed by atoms with Crippen molar-refractivity contribution in [3.05, 3.63) is 29.8 Å². The van der Waals surface area contributed by atoms with Crippen molar-refractivity contribution in [2.75, 3.05) is 4.72 Å². The maximum atomic E-state index is 12.1. The Morgan fingerprint density at radius 1 is 1.50 bits per heavy atom. The molecular formula is C11H13N3O5S. The molecule has 8 nitrogen and oxygen atoms in total. The van der Waals surface area contributed by atoms with Crippen LogP contribution < -0.4 is 4.72 Å². The number of anilines is 1. The van der Waals surface area contributed by atoms with Crippen molar-refractivity contribution >= 4 is 21.7 Å². The molecule has 0 saturated carbocycles. The lowest BCUT2D eigenvalue weighted by molar-refractivity contribution is 0.0656. The minimum Gasteiger partial charge on any atom is -0.475 e. The summed E-state index contributed by atoms with van der Waals surface area (Å²) in [5.41, 5.74) is 0.921. The van der Waals surface area contributed by atoms with Crippen molar-refractivity contribution in [3.8, 4) is 0 Å². The molecule has 0 amide bonds. The van der Waals surface area contributed by atoms with Gasteiger partial charge >= 0.3 is 5.97 Å². The van der Waals surface area contributed by atoms with Crippen LogP contribution in [0.1, 0.15) is 23.2 Å². The molecule has 0 aromatic carbocycles. The highest BCUT2D eigenvalue weighted by Gasteiger charge is 2.22. The van der Waals surface area contributed by atoms with Gasteiger partial charge in [-0.3, -0.25) is 9.40 Å². The summed E-state index contributed by atoms with van der Waals surface area (Å²) in [6, 6.07) is 2.18. The molecule has 0 aliphatic carbocycles. The van der Waals surface area contributed by atoms with Gasteiger partial charge in [-0.05, 0) is 18.6 Å². The number of aryl methyl sites for hydroxylation is 2. The average molecular weight is 299 g/mol. The minimum absolute atomic E-state index is 0.336. The molecule has 2 heterocycles. The normalized spacial score (nSPS) is 11.5. The van der Waals surface area contributed by atoms with E-state index in [-0.39, 0.29) is 0 Å². The van der Waals surface area contributed by atoms with Gasteiger partial charge in [-0.15, -0.1) is 0 Å². The van der Waals surface area contributed by atoms with Crippen molar-refractivity contribution in [2.24, 2.45) is 7.05 Å². The van der Waals surface area contributed by atoms with Crippen LogP contribution in [0.25, 0.3) is 0 Å². The third-order valence-corrected chi connectivity index (χ3v) is 3.78. The lowest BCUT2D eigenvalue weighted by Gasteiger charge is -2.04. The number of nitrogens with one attached hydrogen (secondary N) is 1. The smallest absolute Gasteiger partial charge is 0.371 e. The first-order chi connectivity index (χ1) is 9.33. The molecule has 2 rings (SSSR count). The van der Waals surface area contributed by atoms with Crippen molar-refractivity contribution in [2.45, 2.75) is 18.4 Å². The molecule has 9 heteroatoms. The molecule has 2 aromatic heterocycles. The summed E-state index contributed by atoms with van der Waals surface area (Å²) in [6.07, 6.45) is 2.08. The molecule has 0 aliphatic heterocycles. The molecule has 0 atom stereocenters. The maximum Gasteiger partial charge on any atom is 0.371 e. The first-order valence-electron chi connectivity index (χ1n) is 5.72. The lowest BCUT2D eigenvalue weighted by atomic mass is 10.3. The second-order valence-corrected chi connectivity index (χ2v) is 5.66. The summed E-state index contributed by atoms with van der Waals surface area (Å²) < 4.78 is 32.8. The second-order valence-electron chi connectivity index (χ2n) is 4.05. The molecule has 20 heavy (non-hydrogen) atoms. The van der Waals surface area contributed by atoms with Crippen LogP contribution >= 0.6 is 0 Å². The predicted molar refractivity (Wildman–Crippen MR) is 69.1 cm³/mol. The van der Waals surface area contributed by atoms with E-state index in [2.05, 4.69) is 9.82 Å². The number of carboxylic acids is 1. The van der Waals surface area contributed by atoms with E-state index in [9.17, 15) is 13.2 Å². The topological polar surface area (TPSA) is 114 Å². The fraction of sp³-hybridized carbons (Fsp3) is 0.273. The number of furan rings is 1. The first kappa shape index (κ1) is 14.1. The van der Waals surface area contributed by atoms with Crippen molar-refractivity contribution in [3.63, 3.8) is 0 Å². The number of nitrogens with zero attached hydrogens (tertiary/aromatic N) is 2. The van der Waals surface area contributed by atoms with Crippen molar-refractivity contribution in [1.82, 2.24) is 9.78 Å². The average Bonchev–Trinajstić information content (AvgIpc) is 2.95. The molecule has 0 saturated heterocycles. The Balaban J connectivity index is 2.32. The third kappa shape index (κ3) is 2.67. The van der Waals surface area contributed by atoms with Gasteiger partial charge in [0.25, 0.3) is 10.0 Å². The fourth-order valence-electron chi connectivity index (χ4n) is 1.66. The number of carbonyl (C=O) groups is 1. The summed E-state index contributed by atoms with van der Waals surface area (Å²) in [6.45, 7) is 1.84. The number of hydrogen-bond acceptors (Lipinski definition) is 5. The van der Waals surface area contributed by atoms with E-state index in [0.717, 1.165) is 12.1 Å². The maximum absolute atomic E-state index is 12.1. The Bertz CT molecular complexity index is 744. The molecule has 0 fully saturated rings. The van der Waals surface area contributed by atoms with Gasteiger partial charge in [0.2, 0.25) is 10.9 Å². The number of carboxylic acid groups (broad SMARTS) is 1. The van der Waals surface area contributed by atoms with E-state index in [1.807, 2.05) is 6.92 Å². The summed E-state index contributed by atoms with van der Waals surface area (Å²) in [4.78, 5) is 10.7. The molecule has 0 bridgehead atoms. The highest BCUT2D eigenvalue weighted by molar-refractivity contribution is 7.92. The number of aromatic carboxylic acids is 1. The van der Waals surface area contributed by atoms with Crippen LogP contribution in [-0.2, 0) is 23.5 Å². The fourth-order valence-corrected chi connectivity index (χ4v) is 2.66. The first-order valence-corrected chi connectivity index (χ1v) is 7.20. The molecule has 0 radical (unpaired) electrons. The molecule has 2 N–H and O–H groups in total. The van der Waals surface area contributed by atoms with Crippen LogP contribution in [0.4, 0.5) is 5.69 Å². The minimum atomic E-state index is -3.98. The lowest BCUT2D eigenvalue weighted by Crippen LogP contribution is -2.13. The van der Waals surface area contributed by atoms with Crippen LogP contribution in [0.15, 0.2) is 27.8 Å². The van der Waals surface area contributed by atoms with E-state index in [0.29, 0.717) is 17.8 Å². The van der Waals surface area contributed by atoms with E-state index in [1.54, 1.807) is 7.05 Å². The largest absolute Gasteiger partial charge is 0.475 e. The van der Waals surface area contributed by atoms with E-state index < -0.39 is 26.8 Å². The van der Waals surface area contributed by atoms with Crippen LogP contribution in [-0.4, -0.2) is 29.3 Å². The van der Waals surface area contributed by atoms with Crippen LogP contribution in [0.3, 0.4) is 0 Å². The molecule has 108 valence electrons. The standard InChI is InChI=1S/C11H13N3O5S/c1-3-7-8(6-14(2)12-7)13-20(17,18)10-5-4-9(19-10)11(15)16/h4-6,13H,3H2,1-2H3,(H,15,16). The Morgan fingerprint density at radius 2 is 2.20 bits per heavy atom. The van der Waals surface area contributed by atoms with Crippen LogP contribution in [0.2, 0.25) is 0 Å². The van der Waals surface area contributed by atoms with Gasteiger partial charge in [-0.25, -0.2) is 4.79 Å². The molecule has 0 aliphatic rings. The summed E-state index contributed by atoms with van der Waals surface area (Å²) in [7, 11) is -2.31. The summed E-state index contributed by atoms with van der Waals surface area (Å²) in [5.74, 6) is -1.77. The number of aromatic nitrogens is 2. The third-order valence-electron chi connectivity index (χ3n) is 2.54. The monoisotopic (exact) mass is 299 g/mol. The molecule has 0 unspecified atom stereocenters. The summed E-state index contributed by atoms with van der Waals surface area (Å²) in [5, 5.41) is 12.4.